The second-order valence-electron chi connectivity index (χ2n) is 5.19. The van der Waals surface area contributed by atoms with Crippen LogP contribution in [0.25, 0.3) is 0 Å². The Kier molecular flexibility index (Phi) is 7.26. The van der Waals surface area contributed by atoms with E-state index < -0.39 is 14.2 Å². The maximum Gasteiger partial charge on any atom is 0.184 e. The average Bonchev–Trinajstić information content (AvgIpc) is 2.53. The average molecular weight is 411 g/mol. The number of hydrogen-bond donors (Lipinski definition) is 3. The zero-order valence-corrected chi connectivity index (χ0v) is 15.7. The molecule has 1 aromatic carbocycles. The van der Waals surface area contributed by atoms with Crippen molar-refractivity contribution in [2.24, 2.45) is 0 Å². The number of nitrogens with one attached hydrogen (secondary N) is 1. The third kappa shape index (κ3) is 5.95. The third-order valence-corrected chi connectivity index (χ3v) is 5.62. The Morgan fingerprint density at radius 3 is 2.12 bits per heavy atom. The predicted molar refractivity (Wildman–Crippen MR) is 90.3 cm³/mol. The fourth-order valence-electron chi connectivity index (χ4n) is 1.97. The number of Topliss-reactive ketones (excluding diaryl/α,β-unsaturated/α-hetero) is 1. The van der Waals surface area contributed by atoms with E-state index in [1.807, 2.05) is 0 Å². The Morgan fingerprint density at radius 2 is 1.64 bits per heavy atom. The first kappa shape index (κ1) is 20.8. The van der Waals surface area contributed by atoms with Gasteiger partial charge in [-0.15, -0.1) is 0 Å². The van der Waals surface area contributed by atoms with Crippen LogP contribution < -0.4 is 9.67 Å². The third-order valence-electron chi connectivity index (χ3n) is 3.06. The summed E-state index contributed by atoms with van der Waals surface area (Å²) in [6.07, 6.45) is 2.71. The van der Waals surface area contributed by atoms with Crippen molar-refractivity contribution in [3.05, 3.63) is 47.6 Å². The van der Waals surface area contributed by atoms with Crippen molar-refractivity contribution in [1.82, 2.24) is 0 Å². The zero-order valence-electron chi connectivity index (χ0n) is 13.8. The van der Waals surface area contributed by atoms with Gasteiger partial charge < -0.3 is 0 Å². The first-order chi connectivity index (χ1) is 11.6. The van der Waals surface area contributed by atoms with Crippen molar-refractivity contribution in [3.63, 3.8) is 0 Å². The molecule has 2 rings (SSSR count). The number of carbonyl (C=O) groups is 3. The smallest absolute Gasteiger partial charge is 0.184 e. The Hall–Kier alpha value is -2.25. The monoisotopic (exact) mass is 411 g/mol. The summed E-state index contributed by atoms with van der Waals surface area (Å²) in [6, 6.07) is 5.84. The number of anilines is 1. The van der Waals surface area contributed by atoms with Gasteiger partial charge in [0.25, 0.3) is 0 Å². The molecule has 134 valence electrons. The summed E-state index contributed by atoms with van der Waals surface area (Å²) in [5.41, 5.74) is 1.22. The van der Waals surface area contributed by atoms with E-state index in [-0.39, 0.29) is 27.5 Å². The number of hydrogen-bond acceptors (Lipinski definition) is 6. The molecule has 1 aliphatic rings. The van der Waals surface area contributed by atoms with E-state index in [4.69, 9.17) is 5.26 Å². The van der Waals surface area contributed by atoms with Crippen molar-refractivity contribution in [2.75, 3.05) is 5.32 Å². The van der Waals surface area contributed by atoms with Gasteiger partial charge >= 0.3 is 88.4 Å². The molecule has 0 spiro atoms. The second kappa shape index (κ2) is 8.73. The van der Waals surface area contributed by atoms with Gasteiger partial charge in [-0.3, -0.25) is 9.59 Å². The first-order valence-electron chi connectivity index (χ1n) is 7.07. The van der Waals surface area contributed by atoms with Crippen molar-refractivity contribution >= 4 is 41.7 Å². The summed E-state index contributed by atoms with van der Waals surface area (Å²) in [5, 5.41) is 10.7. The minimum Gasteiger partial charge on any atom is -0.290 e. The fraction of sp³-hybridized carbons (Fsp3) is 0.188. The second-order valence-corrected chi connectivity index (χ2v) is 8.72. The van der Waals surface area contributed by atoms with Gasteiger partial charge in [0.15, 0.2) is 11.6 Å². The summed E-state index contributed by atoms with van der Waals surface area (Å²) in [5.74, 6) is -0.495. The van der Waals surface area contributed by atoms with Gasteiger partial charge in [-0.2, -0.15) is 0 Å². The molecular formula is C16H18AsNO7. The SMILES string of the molecule is CC(=O)Nc1ccccc1[As](=O)(O)OO.CC1=CC(=O)C=C(C)C1=O. The Labute approximate surface area is 147 Å². The molecule has 0 aliphatic heterocycles. The van der Waals surface area contributed by atoms with E-state index in [1.165, 1.54) is 37.3 Å². The molecule has 1 aliphatic carbocycles. The molecule has 0 saturated carbocycles. The van der Waals surface area contributed by atoms with Gasteiger partial charge in [-0.05, 0) is 26.0 Å². The maximum absolute atomic E-state index is 11.4. The Balaban J connectivity index is 0.000000271. The van der Waals surface area contributed by atoms with Crippen LogP contribution >= 0.6 is 0 Å². The van der Waals surface area contributed by atoms with Gasteiger partial charge in [0.1, 0.15) is 0 Å². The van der Waals surface area contributed by atoms with Gasteiger partial charge in [0.2, 0.25) is 0 Å². The zero-order chi connectivity index (χ0) is 19.2. The molecule has 1 aromatic rings. The van der Waals surface area contributed by atoms with Crippen LogP contribution in [0.5, 0.6) is 0 Å². The number of amides is 1. The molecule has 0 fully saturated rings. The van der Waals surface area contributed by atoms with Crippen molar-refractivity contribution in [1.29, 1.82) is 0 Å². The van der Waals surface area contributed by atoms with E-state index in [2.05, 4.69) is 9.19 Å². The first-order valence-corrected chi connectivity index (χ1v) is 10.4. The predicted octanol–water partition coefficient (Wildman–Crippen LogP) is 0.734. The van der Waals surface area contributed by atoms with E-state index in [0.717, 1.165) is 0 Å². The number of ketones is 2. The van der Waals surface area contributed by atoms with Crippen LogP contribution in [0.4, 0.5) is 5.69 Å². The summed E-state index contributed by atoms with van der Waals surface area (Å²) in [4.78, 5) is 32.5. The molecule has 25 heavy (non-hydrogen) atoms. The van der Waals surface area contributed by atoms with Crippen LogP contribution in [0.15, 0.2) is 47.6 Å². The minimum atomic E-state index is -4.92. The fourth-order valence-corrected chi connectivity index (χ4v) is 3.64. The molecule has 1 atom stereocenters. The molecule has 0 saturated heterocycles. The molecule has 0 radical (unpaired) electrons. The molecule has 1 unspecified atom stereocenters. The molecule has 9 heteroatoms. The van der Waals surface area contributed by atoms with Crippen LogP contribution in [0.2, 0.25) is 0 Å². The van der Waals surface area contributed by atoms with Crippen LogP contribution in [-0.2, 0) is 22.0 Å². The molecular weight excluding hydrogens is 393 g/mol. The Bertz CT molecular complexity index is 786. The standard InChI is InChI=1S/C8H10AsNO5.C8H8O2/c1-6(11)10-8-5-3-2-4-7(8)9(12,13)15-14;1-5-3-7(9)4-6(2)8(5)10/h2-5,14H,1H3,(H,10,11)(H,12,13);3-4H,1-2H3. The number of allylic oxidation sites excluding steroid dienone is 4. The van der Waals surface area contributed by atoms with Crippen LogP contribution in [0.1, 0.15) is 20.8 Å². The van der Waals surface area contributed by atoms with Crippen LogP contribution in [0, 0.1) is 0 Å². The number of benzene rings is 1. The molecule has 1 amide bonds. The Morgan fingerprint density at radius 1 is 1.12 bits per heavy atom. The number of rotatable bonds is 3. The van der Waals surface area contributed by atoms with Crippen LogP contribution in [-0.4, -0.2) is 41.0 Å². The minimum absolute atomic E-state index is 0.0281. The van der Waals surface area contributed by atoms with Crippen molar-refractivity contribution in [2.45, 2.75) is 20.8 Å². The summed E-state index contributed by atoms with van der Waals surface area (Å²) < 4.78 is 24.1. The maximum atomic E-state index is 11.4. The number of carbonyl (C=O) groups excluding carboxylic acids is 3. The largest absolute Gasteiger partial charge is 0.290 e. The summed E-state index contributed by atoms with van der Waals surface area (Å²) >= 11 is -4.92. The van der Waals surface area contributed by atoms with Crippen molar-refractivity contribution < 1.29 is 31.4 Å². The topological polar surface area (TPSA) is 130 Å². The summed E-state index contributed by atoms with van der Waals surface area (Å²) in [7, 11) is 0. The van der Waals surface area contributed by atoms with Crippen molar-refractivity contribution in [3.8, 4) is 0 Å². The van der Waals surface area contributed by atoms with Gasteiger partial charge in [-0.1, -0.05) is 0 Å². The molecule has 0 heterocycles. The van der Waals surface area contributed by atoms with Gasteiger partial charge in [-0.25, -0.2) is 0 Å². The quantitative estimate of drug-likeness (QED) is 0.289. The number of para-hydroxylation sites is 1. The molecule has 0 bridgehead atoms. The van der Waals surface area contributed by atoms with Crippen LogP contribution in [0.3, 0.4) is 0 Å². The molecule has 0 aromatic heterocycles. The normalized spacial score (nSPS) is 16.0. The van der Waals surface area contributed by atoms with E-state index in [1.54, 1.807) is 19.9 Å². The van der Waals surface area contributed by atoms with Gasteiger partial charge in [0, 0.05) is 11.1 Å². The van der Waals surface area contributed by atoms with E-state index in [0.29, 0.717) is 11.1 Å². The van der Waals surface area contributed by atoms with E-state index >= 15 is 0 Å². The van der Waals surface area contributed by atoms with E-state index in [9.17, 15) is 22.2 Å². The van der Waals surface area contributed by atoms with Gasteiger partial charge in [0.05, 0.1) is 0 Å². The molecule has 3 N–H and O–H groups in total. The molecule has 8 nitrogen and oxygen atoms in total. The summed E-state index contributed by atoms with van der Waals surface area (Å²) in [6.45, 7) is 4.57.